The summed E-state index contributed by atoms with van der Waals surface area (Å²) >= 11 is 0. The van der Waals surface area contributed by atoms with E-state index < -0.39 is 17.7 Å². The average molecular weight is 508 g/mol. The maximum Gasteiger partial charge on any atom is 0.329 e. The minimum atomic E-state index is -3.03. The molecule has 0 radical (unpaired) electrons. The maximum absolute atomic E-state index is 15.2. The van der Waals surface area contributed by atoms with Gasteiger partial charge >= 0.3 is 5.69 Å². The van der Waals surface area contributed by atoms with Crippen molar-refractivity contribution in [2.45, 2.75) is 24.4 Å². The van der Waals surface area contributed by atoms with E-state index in [9.17, 15) is 4.79 Å². The number of likely N-dealkylation sites (tertiary alicyclic amines) is 1. The summed E-state index contributed by atoms with van der Waals surface area (Å²) in [5, 5.41) is 0.683. The lowest BCUT2D eigenvalue weighted by Gasteiger charge is -2.43. The highest BCUT2D eigenvalue weighted by molar-refractivity contribution is 6.04. The Morgan fingerprint density at radius 1 is 1.03 bits per heavy atom. The van der Waals surface area contributed by atoms with Crippen molar-refractivity contribution in [2.75, 3.05) is 52.2 Å². The Morgan fingerprint density at radius 3 is 2.46 bits per heavy atom. The zero-order chi connectivity index (χ0) is 26.1. The van der Waals surface area contributed by atoms with Crippen molar-refractivity contribution < 1.29 is 8.78 Å². The Labute approximate surface area is 213 Å². The molecule has 3 aromatic heterocycles. The number of piperidine rings is 1. The zero-order valence-electron chi connectivity index (χ0n) is 21.5. The minimum absolute atomic E-state index is 0.197. The molecule has 0 aliphatic carbocycles. The molecule has 194 valence electrons. The van der Waals surface area contributed by atoms with Gasteiger partial charge in [0.2, 0.25) is 0 Å². The molecule has 37 heavy (non-hydrogen) atoms. The number of alkyl halides is 2. The van der Waals surface area contributed by atoms with E-state index in [4.69, 9.17) is 0 Å². The molecular weight excluding hydrogens is 476 g/mol. The Morgan fingerprint density at radius 2 is 1.78 bits per heavy atom. The number of anilines is 1. The molecule has 2 fully saturated rings. The molecule has 0 amide bonds. The Hall–Kier alpha value is -3.37. The summed E-state index contributed by atoms with van der Waals surface area (Å²) < 4.78 is 33.2. The highest BCUT2D eigenvalue weighted by Crippen LogP contribution is 2.39. The zero-order valence-corrected chi connectivity index (χ0v) is 21.5. The molecule has 1 unspecified atom stereocenters. The molecule has 1 aromatic carbocycles. The number of hydrogen-bond donors (Lipinski definition) is 0. The van der Waals surface area contributed by atoms with E-state index in [0.29, 0.717) is 34.5 Å². The van der Waals surface area contributed by atoms with Gasteiger partial charge in [-0.25, -0.2) is 18.6 Å². The van der Waals surface area contributed by atoms with E-state index in [1.54, 1.807) is 25.2 Å². The number of aryl methyl sites for hydroxylation is 1. The Kier molecular flexibility index (Phi) is 5.57. The molecule has 5 heterocycles. The third-order valence-electron chi connectivity index (χ3n) is 7.98. The fourth-order valence-corrected chi connectivity index (χ4v) is 5.62. The SMILES string of the molecule is CN1CCC(n2c(=O)n(C)c3cnc4ccc(-c5ccc(N6CC(N(C)C)C6)nc5)cc4c32)C(F)(F)C1. The van der Waals surface area contributed by atoms with Gasteiger partial charge in [0, 0.05) is 49.9 Å². The molecule has 2 aliphatic heterocycles. The summed E-state index contributed by atoms with van der Waals surface area (Å²) in [6.45, 7) is 2.03. The van der Waals surface area contributed by atoms with Gasteiger partial charge in [-0.1, -0.05) is 6.07 Å². The molecule has 1 atom stereocenters. The second-order valence-corrected chi connectivity index (χ2v) is 10.7. The monoisotopic (exact) mass is 507 g/mol. The van der Waals surface area contributed by atoms with Crippen molar-refractivity contribution in [3.63, 3.8) is 0 Å². The predicted molar refractivity (Wildman–Crippen MR) is 141 cm³/mol. The van der Waals surface area contributed by atoms with Crippen LogP contribution in [0.15, 0.2) is 47.5 Å². The second kappa shape index (κ2) is 8.59. The first-order valence-corrected chi connectivity index (χ1v) is 12.6. The van der Waals surface area contributed by atoms with Crippen LogP contribution in [-0.2, 0) is 7.05 Å². The Balaban J connectivity index is 1.43. The van der Waals surface area contributed by atoms with E-state index in [1.807, 2.05) is 36.5 Å². The molecule has 2 aliphatic rings. The summed E-state index contributed by atoms with van der Waals surface area (Å²) in [6.07, 6.45) is 3.64. The lowest BCUT2D eigenvalue weighted by Crippen LogP contribution is -2.57. The van der Waals surface area contributed by atoms with Gasteiger partial charge in [-0.2, -0.15) is 0 Å². The topological polar surface area (TPSA) is 62.4 Å². The molecular formula is C27H31F2N7O. The Bertz CT molecular complexity index is 1540. The van der Waals surface area contributed by atoms with Crippen molar-refractivity contribution in [2.24, 2.45) is 7.05 Å². The lowest BCUT2D eigenvalue weighted by atomic mass is 9.99. The molecule has 6 rings (SSSR count). The highest BCUT2D eigenvalue weighted by atomic mass is 19.3. The van der Waals surface area contributed by atoms with E-state index >= 15 is 8.78 Å². The van der Waals surface area contributed by atoms with Crippen LogP contribution in [0.5, 0.6) is 0 Å². The first-order valence-electron chi connectivity index (χ1n) is 12.6. The summed E-state index contributed by atoms with van der Waals surface area (Å²) in [4.78, 5) is 28.6. The third kappa shape index (κ3) is 3.90. The van der Waals surface area contributed by atoms with Crippen molar-refractivity contribution in [3.8, 4) is 11.1 Å². The van der Waals surface area contributed by atoms with E-state index in [-0.39, 0.29) is 13.0 Å². The van der Waals surface area contributed by atoms with Crippen LogP contribution in [0.1, 0.15) is 12.5 Å². The fourth-order valence-electron chi connectivity index (χ4n) is 5.62. The molecule has 2 saturated heterocycles. The fraction of sp³-hybridized carbons (Fsp3) is 0.444. The van der Waals surface area contributed by atoms with Gasteiger partial charge in [0.25, 0.3) is 5.92 Å². The normalized spacial score (nSPS) is 20.7. The molecule has 8 nitrogen and oxygen atoms in total. The number of pyridine rings is 2. The molecule has 0 N–H and O–H groups in total. The lowest BCUT2D eigenvalue weighted by molar-refractivity contribution is -0.0977. The number of hydrogen-bond acceptors (Lipinski definition) is 6. The van der Waals surface area contributed by atoms with Gasteiger partial charge < -0.3 is 14.7 Å². The van der Waals surface area contributed by atoms with Crippen LogP contribution in [0.2, 0.25) is 0 Å². The summed E-state index contributed by atoms with van der Waals surface area (Å²) in [7, 11) is 7.47. The number of benzene rings is 1. The predicted octanol–water partition coefficient (Wildman–Crippen LogP) is 3.21. The second-order valence-electron chi connectivity index (χ2n) is 10.7. The van der Waals surface area contributed by atoms with Crippen molar-refractivity contribution in [1.29, 1.82) is 0 Å². The van der Waals surface area contributed by atoms with Crippen molar-refractivity contribution in [1.82, 2.24) is 28.9 Å². The van der Waals surface area contributed by atoms with Crippen LogP contribution >= 0.6 is 0 Å². The van der Waals surface area contributed by atoms with Crippen molar-refractivity contribution in [3.05, 3.63) is 53.2 Å². The van der Waals surface area contributed by atoms with Crippen LogP contribution in [0, 0.1) is 0 Å². The summed E-state index contributed by atoms with van der Waals surface area (Å²) in [5.41, 5.74) is 3.09. The van der Waals surface area contributed by atoms with E-state index in [2.05, 4.69) is 33.9 Å². The number of aromatic nitrogens is 4. The summed E-state index contributed by atoms with van der Waals surface area (Å²) in [6, 6.07) is 9.15. The first-order chi connectivity index (χ1) is 17.6. The van der Waals surface area contributed by atoms with Gasteiger partial charge in [-0.05, 0) is 57.4 Å². The third-order valence-corrected chi connectivity index (χ3v) is 7.98. The van der Waals surface area contributed by atoms with Crippen molar-refractivity contribution >= 4 is 27.8 Å². The van der Waals surface area contributed by atoms with Gasteiger partial charge in [0.05, 0.1) is 29.3 Å². The quantitative estimate of drug-likeness (QED) is 0.423. The number of likely N-dealkylation sites (N-methyl/N-ethyl adjacent to an activating group) is 1. The largest absolute Gasteiger partial charge is 0.353 e. The number of halogens is 2. The standard InChI is InChI=1S/C27H31F2N7O/c1-32(2)19-14-35(15-19)24-8-6-18(12-31-24)17-5-7-21-20(11-17)25-22(13-30-21)34(4)26(37)36(25)23-9-10-33(3)16-27(23,28)29/h5-8,11-13,19,23H,9-10,14-16H2,1-4H3. The van der Waals surface area contributed by atoms with E-state index in [1.165, 1.54) is 9.13 Å². The van der Waals surface area contributed by atoms with Gasteiger partial charge in [0.15, 0.2) is 0 Å². The maximum atomic E-state index is 15.2. The van der Waals surface area contributed by atoms with Gasteiger partial charge in [0.1, 0.15) is 11.9 Å². The van der Waals surface area contributed by atoms with Crippen LogP contribution in [0.4, 0.5) is 14.6 Å². The molecule has 10 heteroatoms. The molecule has 0 saturated carbocycles. The number of imidazole rings is 1. The minimum Gasteiger partial charge on any atom is -0.353 e. The van der Waals surface area contributed by atoms with Crippen LogP contribution in [-0.4, -0.2) is 88.2 Å². The van der Waals surface area contributed by atoms with Crippen LogP contribution in [0.3, 0.4) is 0 Å². The first kappa shape index (κ1) is 24.0. The smallest absolute Gasteiger partial charge is 0.329 e. The average Bonchev–Trinajstić information content (AvgIpc) is 3.08. The van der Waals surface area contributed by atoms with E-state index in [0.717, 1.165) is 30.0 Å². The number of fused-ring (bicyclic) bond motifs is 3. The van der Waals surface area contributed by atoms with Gasteiger partial charge in [-0.15, -0.1) is 0 Å². The van der Waals surface area contributed by atoms with Crippen LogP contribution in [0.25, 0.3) is 33.1 Å². The molecule has 0 spiro atoms. The molecule has 0 bridgehead atoms. The number of rotatable bonds is 4. The number of nitrogens with zero attached hydrogens (tertiary/aromatic N) is 7. The highest BCUT2D eigenvalue weighted by Gasteiger charge is 2.46. The molecule has 4 aromatic rings. The van der Waals surface area contributed by atoms with Gasteiger partial charge in [-0.3, -0.25) is 14.1 Å². The summed E-state index contributed by atoms with van der Waals surface area (Å²) in [5.74, 6) is -2.09. The van der Waals surface area contributed by atoms with Crippen LogP contribution < -0.4 is 10.6 Å².